The fourth-order valence-electron chi connectivity index (χ4n) is 3.48. The highest BCUT2D eigenvalue weighted by atomic mass is 16.5. The van der Waals surface area contributed by atoms with Crippen molar-refractivity contribution in [1.29, 1.82) is 0 Å². The second-order valence-electron chi connectivity index (χ2n) is 7.33. The molecule has 0 saturated carbocycles. The number of hydrogen-bond donors (Lipinski definition) is 1. The number of para-hydroxylation sites is 3. The predicted octanol–water partition coefficient (Wildman–Crippen LogP) is 4.91. The number of hydrogen-bond acceptors (Lipinski definition) is 3. The van der Waals surface area contributed by atoms with Crippen LogP contribution in [-0.2, 0) is 6.54 Å². The van der Waals surface area contributed by atoms with Gasteiger partial charge in [-0.3, -0.25) is 4.79 Å². The van der Waals surface area contributed by atoms with Gasteiger partial charge in [-0.1, -0.05) is 48.0 Å². The molecule has 3 aromatic carbocycles. The number of nitrogens with zero attached hydrogens (tertiary/aromatic N) is 2. The molecule has 1 unspecified atom stereocenters. The van der Waals surface area contributed by atoms with Crippen LogP contribution in [0.25, 0.3) is 11.0 Å². The van der Waals surface area contributed by atoms with Gasteiger partial charge >= 0.3 is 0 Å². The summed E-state index contributed by atoms with van der Waals surface area (Å²) in [4.78, 5) is 17.5. The van der Waals surface area contributed by atoms with Crippen LogP contribution in [0.1, 0.15) is 34.7 Å². The summed E-state index contributed by atoms with van der Waals surface area (Å²) in [7, 11) is 0. The molecule has 0 saturated heterocycles. The number of rotatable bonds is 7. The Bertz CT molecular complexity index is 1130. The maximum atomic E-state index is 12.7. The van der Waals surface area contributed by atoms with Crippen molar-refractivity contribution >= 4 is 16.9 Å². The molecule has 1 heterocycles. The Morgan fingerprint density at radius 2 is 1.70 bits per heavy atom. The van der Waals surface area contributed by atoms with E-state index in [1.165, 1.54) is 0 Å². The van der Waals surface area contributed by atoms with Crippen molar-refractivity contribution in [2.24, 2.45) is 0 Å². The third-order valence-electron chi connectivity index (χ3n) is 5.06. The Morgan fingerprint density at radius 1 is 1.00 bits per heavy atom. The van der Waals surface area contributed by atoms with Gasteiger partial charge in [0.1, 0.15) is 18.2 Å². The molecule has 4 aromatic rings. The third kappa shape index (κ3) is 4.35. The monoisotopic (exact) mass is 399 g/mol. The highest BCUT2D eigenvalue weighted by Crippen LogP contribution is 2.21. The molecular formula is C25H25N3O2. The lowest BCUT2D eigenvalue weighted by atomic mass is 10.1. The molecule has 0 aliphatic rings. The summed E-state index contributed by atoms with van der Waals surface area (Å²) in [6.07, 6.45) is 0. The number of benzene rings is 3. The maximum Gasteiger partial charge on any atom is 0.251 e. The summed E-state index contributed by atoms with van der Waals surface area (Å²) in [5.74, 6) is 1.54. The van der Waals surface area contributed by atoms with Crippen molar-refractivity contribution in [3.63, 3.8) is 0 Å². The molecule has 1 aromatic heterocycles. The molecule has 1 amide bonds. The summed E-state index contributed by atoms with van der Waals surface area (Å²) in [5.41, 5.74) is 3.70. The number of aryl methyl sites for hydroxylation is 1. The molecule has 1 atom stereocenters. The van der Waals surface area contributed by atoms with E-state index in [1.54, 1.807) is 0 Å². The van der Waals surface area contributed by atoms with Crippen molar-refractivity contribution in [2.75, 3.05) is 6.61 Å². The van der Waals surface area contributed by atoms with E-state index in [0.717, 1.165) is 28.2 Å². The number of imidazole rings is 1. The average molecular weight is 399 g/mol. The van der Waals surface area contributed by atoms with Gasteiger partial charge < -0.3 is 14.6 Å². The van der Waals surface area contributed by atoms with E-state index in [9.17, 15) is 4.79 Å². The lowest BCUT2D eigenvalue weighted by Crippen LogP contribution is -2.29. The van der Waals surface area contributed by atoms with Crippen LogP contribution in [0.15, 0.2) is 78.9 Å². The Hall–Kier alpha value is -3.60. The highest BCUT2D eigenvalue weighted by molar-refractivity contribution is 5.94. The van der Waals surface area contributed by atoms with E-state index in [0.29, 0.717) is 18.7 Å². The number of carbonyl (C=O) groups is 1. The number of amides is 1. The summed E-state index contributed by atoms with van der Waals surface area (Å²) < 4.78 is 8.01. The van der Waals surface area contributed by atoms with Crippen LogP contribution >= 0.6 is 0 Å². The summed E-state index contributed by atoms with van der Waals surface area (Å²) in [5, 5.41) is 3.08. The molecule has 152 valence electrons. The number of carbonyl (C=O) groups excluding carboxylic acids is 1. The minimum absolute atomic E-state index is 0.110. The molecular weight excluding hydrogens is 374 g/mol. The molecule has 5 nitrogen and oxygen atoms in total. The lowest BCUT2D eigenvalue weighted by Gasteiger charge is -2.17. The fraction of sp³-hybridized carbons (Fsp3) is 0.200. The zero-order chi connectivity index (χ0) is 20.9. The van der Waals surface area contributed by atoms with Gasteiger partial charge in [-0.15, -0.1) is 0 Å². The van der Waals surface area contributed by atoms with E-state index in [-0.39, 0.29) is 11.9 Å². The van der Waals surface area contributed by atoms with E-state index < -0.39 is 0 Å². The molecule has 1 N–H and O–H groups in total. The lowest BCUT2D eigenvalue weighted by molar-refractivity contribution is 0.0937. The topological polar surface area (TPSA) is 56.2 Å². The number of fused-ring (bicyclic) bond motifs is 1. The predicted molar refractivity (Wildman–Crippen MR) is 119 cm³/mol. The van der Waals surface area contributed by atoms with Crippen molar-refractivity contribution < 1.29 is 9.53 Å². The first-order valence-corrected chi connectivity index (χ1v) is 10.1. The smallest absolute Gasteiger partial charge is 0.251 e. The minimum Gasteiger partial charge on any atom is -0.492 e. The Labute approximate surface area is 176 Å². The van der Waals surface area contributed by atoms with Gasteiger partial charge in [0.15, 0.2) is 0 Å². The number of aromatic nitrogens is 2. The van der Waals surface area contributed by atoms with E-state index in [4.69, 9.17) is 9.72 Å². The first-order chi connectivity index (χ1) is 14.6. The Morgan fingerprint density at radius 3 is 2.47 bits per heavy atom. The second-order valence-corrected chi connectivity index (χ2v) is 7.33. The van der Waals surface area contributed by atoms with E-state index in [2.05, 4.69) is 9.88 Å². The van der Waals surface area contributed by atoms with Gasteiger partial charge in [0.05, 0.1) is 23.6 Å². The second kappa shape index (κ2) is 8.82. The molecule has 5 heteroatoms. The Kier molecular flexibility index (Phi) is 5.80. The summed E-state index contributed by atoms with van der Waals surface area (Å²) in [6.45, 7) is 5.11. The van der Waals surface area contributed by atoms with Gasteiger partial charge in [0.25, 0.3) is 5.91 Å². The van der Waals surface area contributed by atoms with Crippen LogP contribution in [0.5, 0.6) is 5.75 Å². The SMILES string of the molecule is Cc1ccc(C(=O)NC(C)c2nc3ccccc3n2CCOc2ccccc2)cc1. The zero-order valence-corrected chi connectivity index (χ0v) is 17.2. The molecule has 4 rings (SSSR count). The summed E-state index contributed by atoms with van der Waals surface area (Å²) in [6, 6.07) is 25.1. The van der Waals surface area contributed by atoms with E-state index in [1.807, 2.05) is 92.7 Å². The zero-order valence-electron chi connectivity index (χ0n) is 17.2. The number of ether oxygens (including phenoxy) is 1. The third-order valence-corrected chi connectivity index (χ3v) is 5.06. The van der Waals surface area contributed by atoms with Crippen LogP contribution in [0.4, 0.5) is 0 Å². The van der Waals surface area contributed by atoms with Crippen LogP contribution in [0, 0.1) is 6.92 Å². The average Bonchev–Trinajstić information content (AvgIpc) is 3.14. The van der Waals surface area contributed by atoms with Gasteiger partial charge in [-0.25, -0.2) is 4.98 Å². The summed E-state index contributed by atoms with van der Waals surface area (Å²) >= 11 is 0. The fourth-order valence-corrected chi connectivity index (χ4v) is 3.48. The molecule has 30 heavy (non-hydrogen) atoms. The van der Waals surface area contributed by atoms with Crippen LogP contribution in [0.3, 0.4) is 0 Å². The quantitative estimate of drug-likeness (QED) is 0.480. The first kappa shape index (κ1) is 19.7. The van der Waals surface area contributed by atoms with Crippen LogP contribution in [0.2, 0.25) is 0 Å². The van der Waals surface area contributed by atoms with Gasteiger partial charge in [0.2, 0.25) is 0 Å². The maximum absolute atomic E-state index is 12.7. The van der Waals surface area contributed by atoms with Gasteiger partial charge in [0, 0.05) is 5.56 Å². The highest BCUT2D eigenvalue weighted by Gasteiger charge is 2.19. The van der Waals surface area contributed by atoms with Crippen LogP contribution < -0.4 is 10.1 Å². The van der Waals surface area contributed by atoms with E-state index >= 15 is 0 Å². The molecule has 0 fully saturated rings. The number of nitrogens with one attached hydrogen (secondary N) is 1. The van der Waals surface area contributed by atoms with Crippen molar-refractivity contribution in [1.82, 2.24) is 14.9 Å². The van der Waals surface area contributed by atoms with Crippen molar-refractivity contribution in [3.8, 4) is 5.75 Å². The molecule has 0 spiro atoms. The minimum atomic E-state index is -0.247. The molecule has 0 bridgehead atoms. The standard InChI is InChI=1S/C25H25N3O2/c1-18-12-14-20(15-13-18)25(29)26-19(2)24-27-22-10-6-7-11-23(22)28(24)16-17-30-21-8-4-3-5-9-21/h3-15,19H,16-17H2,1-2H3,(H,26,29). The van der Waals surface area contributed by atoms with Crippen molar-refractivity contribution in [3.05, 3.63) is 95.8 Å². The first-order valence-electron chi connectivity index (χ1n) is 10.1. The van der Waals surface area contributed by atoms with Crippen molar-refractivity contribution in [2.45, 2.75) is 26.4 Å². The normalized spacial score (nSPS) is 11.9. The largest absolute Gasteiger partial charge is 0.492 e. The van der Waals surface area contributed by atoms with Crippen LogP contribution in [-0.4, -0.2) is 22.1 Å². The van der Waals surface area contributed by atoms with Gasteiger partial charge in [-0.05, 0) is 50.2 Å². The Balaban J connectivity index is 1.54. The molecule has 0 aliphatic carbocycles. The molecule has 0 radical (unpaired) electrons. The molecule has 0 aliphatic heterocycles. The van der Waals surface area contributed by atoms with Gasteiger partial charge in [-0.2, -0.15) is 0 Å².